The fourth-order valence-electron chi connectivity index (χ4n) is 1.82. The van der Waals surface area contributed by atoms with Gasteiger partial charge in [0, 0.05) is 12.8 Å². The molecular weight excluding hydrogens is 268 g/mol. The van der Waals surface area contributed by atoms with Crippen LogP contribution in [-0.4, -0.2) is 43.8 Å². The van der Waals surface area contributed by atoms with Crippen LogP contribution in [0, 0.1) is 0 Å². The molecule has 104 valence electrons. The molecular formula is C10H29Cl3N3+. The Hall–Kier alpha value is 0.750. The van der Waals surface area contributed by atoms with E-state index in [-0.39, 0.29) is 37.2 Å². The Labute approximate surface area is 119 Å². The molecule has 0 unspecified atom stereocenters. The minimum absolute atomic E-state index is 0. The topological polar surface area (TPSA) is 52.0 Å². The third-order valence-corrected chi connectivity index (χ3v) is 3.01. The number of halogens is 3. The van der Waals surface area contributed by atoms with Crippen molar-refractivity contribution in [3.8, 4) is 0 Å². The smallest absolute Gasteiger partial charge is 0.0798 e. The standard InChI is InChI=1S/C10H26N3.3ClH/c1-3-13(4-2,9-5-7-11)10-6-8-12;;;/h3-12H2,1-2H3;3*1H/q+1;;;. The summed E-state index contributed by atoms with van der Waals surface area (Å²) in [5.74, 6) is 0. The zero-order chi connectivity index (χ0) is 10.2. The predicted octanol–water partition coefficient (Wildman–Crippen LogP) is 1.81. The lowest BCUT2D eigenvalue weighted by Crippen LogP contribution is -2.50. The summed E-state index contributed by atoms with van der Waals surface area (Å²) < 4.78 is 1.19. The summed E-state index contributed by atoms with van der Waals surface area (Å²) in [5, 5.41) is 0. The molecule has 0 bridgehead atoms. The van der Waals surface area contributed by atoms with E-state index in [0.717, 1.165) is 25.9 Å². The normalized spacial score (nSPS) is 9.75. The first-order chi connectivity index (χ1) is 6.24. The molecule has 0 saturated carbocycles. The average molecular weight is 298 g/mol. The van der Waals surface area contributed by atoms with Crippen LogP contribution in [0.2, 0.25) is 0 Å². The van der Waals surface area contributed by atoms with Gasteiger partial charge in [0.25, 0.3) is 0 Å². The number of hydrogen-bond acceptors (Lipinski definition) is 2. The minimum Gasteiger partial charge on any atom is -0.330 e. The SMILES string of the molecule is CC[N+](CC)(CCCN)CCCN.Cl.Cl.Cl. The third kappa shape index (κ3) is 9.94. The molecule has 0 saturated heterocycles. The average Bonchev–Trinajstić information content (AvgIpc) is 2.20. The van der Waals surface area contributed by atoms with Crippen molar-refractivity contribution in [3.05, 3.63) is 0 Å². The van der Waals surface area contributed by atoms with Gasteiger partial charge in [-0.15, -0.1) is 37.2 Å². The Morgan fingerprint density at radius 1 is 0.750 bits per heavy atom. The molecule has 0 radical (unpaired) electrons. The van der Waals surface area contributed by atoms with Crippen molar-refractivity contribution in [2.24, 2.45) is 11.5 Å². The molecule has 6 heteroatoms. The zero-order valence-electron chi connectivity index (χ0n) is 10.5. The van der Waals surface area contributed by atoms with Crippen LogP contribution in [0.3, 0.4) is 0 Å². The van der Waals surface area contributed by atoms with E-state index >= 15 is 0 Å². The fraction of sp³-hybridized carbons (Fsp3) is 1.00. The molecule has 0 atom stereocenters. The van der Waals surface area contributed by atoms with E-state index in [1.54, 1.807) is 0 Å². The number of nitrogens with two attached hydrogens (primary N) is 2. The van der Waals surface area contributed by atoms with E-state index in [2.05, 4.69) is 13.8 Å². The Morgan fingerprint density at radius 2 is 1.06 bits per heavy atom. The van der Waals surface area contributed by atoms with E-state index < -0.39 is 0 Å². The van der Waals surface area contributed by atoms with Crippen LogP contribution in [0.4, 0.5) is 0 Å². The highest BCUT2D eigenvalue weighted by Gasteiger charge is 2.21. The van der Waals surface area contributed by atoms with Gasteiger partial charge in [-0.2, -0.15) is 0 Å². The summed E-state index contributed by atoms with van der Waals surface area (Å²) >= 11 is 0. The Kier molecular flexibility index (Phi) is 25.2. The van der Waals surface area contributed by atoms with Crippen LogP contribution in [0.15, 0.2) is 0 Å². The first-order valence-electron chi connectivity index (χ1n) is 5.50. The highest BCUT2D eigenvalue weighted by atomic mass is 35.5. The van der Waals surface area contributed by atoms with Crippen molar-refractivity contribution in [1.82, 2.24) is 0 Å². The van der Waals surface area contributed by atoms with Crippen molar-refractivity contribution < 1.29 is 4.48 Å². The van der Waals surface area contributed by atoms with Crippen molar-refractivity contribution in [3.63, 3.8) is 0 Å². The summed E-state index contributed by atoms with van der Waals surface area (Å²) in [4.78, 5) is 0. The molecule has 0 aliphatic rings. The van der Waals surface area contributed by atoms with Crippen LogP contribution in [0.1, 0.15) is 26.7 Å². The van der Waals surface area contributed by atoms with E-state index in [0.29, 0.717) is 0 Å². The highest BCUT2D eigenvalue weighted by Crippen LogP contribution is 2.08. The van der Waals surface area contributed by atoms with Gasteiger partial charge in [0.1, 0.15) is 0 Å². The Balaban J connectivity index is -0.000000240. The quantitative estimate of drug-likeness (QED) is 0.671. The molecule has 0 aliphatic heterocycles. The van der Waals surface area contributed by atoms with Gasteiger partial charge < -0.3 is 16.0 Å². The maximum Gasteiger partial charge on any atom is 0.0798 e. The summed E-state index contributed by atoms with van der Waals surface area (Å²) in [6, 6.07) is 0. The molecule has 0 aliphatic carbocycles. The van der Waals surface area contributed by atoms with Gasteiger partial charge in [-0.3, -0.25) is 0 Å². The van der Waals surface area contributed by atoms with Gasteiger partial charge in [-0.1, -0.05) is 0 Å². The monoisotopic (exact) mass is 296 g/mol. The first-order valence-corrected chi connectivity index (χ1v) is 5.50. The van der Waals surface area contributed by atoms with Gasteiger partial charge in [-0.05, 0) is 26.9 Å². The second-order valence-electron chi connectivity index (χ2n) is 3.71. The summed E-state index contributed by atoms with van der Waals surface area (Å²) in [7, 11) is 0. The molecule has 0 fully saturated rings. The minimum atomic E-state index is 0. The molecule has 0 spiro atoms. The molecule has 0 heterocycles. The molecule has 0 aromatic heterocycles. The second-order valence-corrected chi connectivity index (χ2v) is 3.71. The first kappa shape index (κ1) is 25.6. The predicted molar refractivity (Wildman–Crippen MR) is 80.2 cm³/mol. The van der Waals surface area contributed by atoms with Gasteiger partial charge in [0.15, 0.2) is 0 Å². The number of nitrogens with zero attached hydrogens (tertiary/aromatic N) is 1. The maximum absolute atomic E-state index is 5.54. The Bertz CT molecular complexity index is 112. The number of quaternary nitrogens is 1. The van der Waals surface area contributed by atoms with E-state index in [9.17, 15) is 0 Å². The van der Waals surface area contributed by atoms with Gasteiger partial charge in [0.05, 0.1) is 26.2 Å². The van der Waals surface area contributed by atoms with Crippen LogP contribution in [0.25, 0.3) is 0 Å². The summed E-state index contributed by atoms with van der Waals surface area (Å²) in [6.07, 6.45) is 2.26. The van der Waals surface area contributed by atoms with Crippen molar-refractivity contribution in [2.45, 2.75) is 26.7 Å². The van der Waals surface area contributed by atoms with E-state index in [4.69, 9.17) is 11.5 Å². The fourth-order valence-corrected chi connectivity index (χ4v) is 1.82. The third-order valence-electron chi connectivity index (χ3n) is 3.01. The summed E-state index contributed by atoms with van der Waals surface area (Å²) in [5.41, 5.74) is 11.1. The lowest BCUT2D eigenvalue weighted by Gasteiger charge is -2.37. The lowest BCUT2D eigenvalue weighted by atomic mass is 10.2. The van der Waals surface area contributed by atoms with Crippen molar-refractivity contribution in [2.75, 3.05) is 39.3 Å². The maximum atomic E-state index is 5.54. The molecule has 3 nitrogen and oxygen atoms in total. The van der Waals surface area contributed by atoms with Crippen LogP contribution in [0.5, 0.6) is 0 Å². The van der Waals surface area contributed by atoms with E-state index in [1.807, 2.05) is 0 Å². The molecule has 16 heavy (non-hydrogen) atoms. The summed E-state index contributed by atoms with van der Waals surface area (Å²) in [6.45, 7) is 11.0. The lowest BCUT2D eigenvalue weighted by molar-refractivity contribution is -0.925. The number of hydrogen-bond donors (Lipinski definition) is 2. The van der Waals surface area contributed by atoms with Crippen LogP contribution < -0.4 is 11.5 Å². The largest absolute Gasteiger partial charge is 0.330 e. The zero-order valence-corrected chi connectivity index (χ0v) is 12.9. The van der Waals surface area contributed by atoms with Gasteiger partial charge in [0.2, 0.25) is 0 Å². The van der Waals surface area contributed by atoms with Crippen LogP contribution in [-0.2, 0) is 0 Å². The van der Waals surface area contributed by atoms with Crippen molar-refractivity contribution >= 4 is 37.2 Å². The van der Waals surface area contributed by atoms with Crippen molar-refractivity contribution in [1.29, 1.82) is 0 Å². The van der Waals surface area contributed by atoms with Gasteiger partial charge in [-0.25, -0.2) is 0 Å². The van der Waals surface area contributed by atoms with Gasteiger partial charge >= 0.3 is 0 Å². The number of rotatable bonds is 8. The second kappa shape index (κ2) is 15.8. The molecule has 0 amide bonds. The van der Waals surface area contributed by atoms with E-state index in [1.165, 1.54) is 30.7 Å². The molecule has 4 N–H and O–H groups in total. The molecule has 0 rings (SSSR count). The van der Waals surface area contributed by atoms with Crippen LogP contribution >= 0.6 is 37.2 Å². The Morgan fingerprint density at radius 3 is 1.25 bits per heavy atom. The highest BCUT2D eigenvalue weighted by molar-refractivity contribution is 5.86. The molecule has 0 aromatic rings. The molecule has 0 aromatic carbocycles.